The van der Waals surface area contributed by atoms with Crippen LogP contribution in [0.4, 0.5) is 4.39 Å². The molecule has 3 aromatic rings. The highest BCUT2D eigenvalue weighted by Gasteiger charge is 2.31. The van der Waals surface area contributed by atoms with Gasteiger partial charge in [-0.05, 0) is 49.6 Å². The molecule has 170 valence electrons. The standard InChI is InChI=1S/C22H23ClFN3O3S2/c1-15-12-19(16(2)27(15)14-17-4-3-11-31-17)22(28)25-7-9-26(10-8-25)32(29,30)18-5-6-21(24)20(23)13-18/h3-6,11-13H,7-10,14H2,1-2H3. The number of sulfonamides is 1. The van der Waals surface area contributed by atoms with Gasteiger partial charge in [-0.15, -0.1) is 11.3 Å². The number of aromatic nitrogens is 1. The van der Waals surface area contributed by atoms with Gasteiger partial charge in [0.1, 0.15) is 5.82 Å². The SMILES string of the molecule is Cc1cc(C(=O)N2CCN(S(=O)(=O)c3ccc(F)c(Cl)c3)CC2)c(C)n1Cc1cccs1. The van der Waals surface area contributed by atoms with Crippen molar-refractivity contribution in [1.29, 1.82) is 0 Å². The first-order chi connectivity index (χ1) is 15.2. The van der Waals surface area contributed by atoms with E-state index in [1.807, 2.05) is 31.4 Å². The van der Waals surface area contributed by atoms with E-state index in [4.69, 9.17) is 11.6 Å². The minimum absolute atomic E-state index is 0.0548. The van der Waals surface area contributed by atoms with Gasteiger partial charge in [0.2, 0.25) is 10.0 Å². The summed E-state index contributed by atoms with van der Waals surface area (Å²) in [5, 5.41) is 1.79. The van der Waals surface area contributed by atoms with Crippen LogP contribution in [0.1, 0.15) is 26.6 Å². The van der Waals surface area contributed by atoms with E-state index < -0.39 is 15.8 Å². The van der Waals surface area contributed by atoms with Crippen molar-refractivity contribution in [3.8, 4) is 0 Å². The Bertz CT molecular complexity index is 1250. The van der Waals surface area contributed by atoms with Crippen molar-refractivity contribution in [2.75, 3.05) is 26.2 Å². The molecule has 1 fully saturated rings. The zero-order valence-electron chi connectivity index (χ0n) is 17.7. The van der Waals surface area contributed by atoms with E-state index in [2.05, 4.69) is 10.6 Å². The molecule has 10 heteroatoms. The lowest BCUT2D eigenvalue weighted by Gasteiger charge is -2.34. The predicted molar refractivity (Wildman–Crippen MR) is 123 cm³/mol. The first-order valence-electron chi connectivity index (χ1n) is 10.1. The van der Waals surface area contributed by atoms with E-state index in [9.17, 15) is 17.6 Å². The number of amides is 1. The molecule has 4 rings (SSSR count). The summed E-state index contributed by atoms with van der Waals surface area (Å²) in [5.41, 5.74) is 2.55. The average Bonchev–Trinajstić information content (AvgIpc) is 3.39. The molecule has 0 saturated carbocycles. The summed E-state index contributed by atoms with van der Waals surface area (Å²) in [5.74, 6) is -0.768. The Morgan fingerprint density at radius 2 is 1.84 bits per heavy atom. The van der Waals surface area contributed by atoms with Gasteiger partial charge in [-0.3, -0.25) is 4.79 Å². The lowest BCUT2D eigenvalue weighted by Crippen LogP contribution is -2.50. The van der Waals surface area contributed by atoms with Gasteiger partial charge in [0.05, 0.1) is 22.0 Å². The van der Waals surface area contributed by atoms with Gasteiger partial charge in [0.15, 0.2) is 0 Å². The van der Waals surface area contributed by atoms with Gasteiger partial charge < -0.3 is 9.47 Å². The van der Waals surface area contributed by atoms with Crippen LogP contribution < -0.4 is 0 Å². The van der Waals surface area contributed by atoms with Crippen LogP contribution >= 0.6 is 22.9 Å². The fraction of sp³-hybridized carbons (Fsp3) is 0.318. The highest BCUT2D eigenvalue weighted by molar-refractivity contribution is 7.89. The third-order valence-electron chi connectivity index (χ3n) is 5.75. The summed E-state index contributed by atoms with van der Waals surface area (Å²) < 4.78 is 42.6. The summed E-state index contributed by atoms with van der Waals surface area (Å²) >= 11 is 7.43. The summed E-state index contributed by atoms with van der Waals surface area (Å²) in [7, 11) is -3.81. The highest BCUT2D eigenvalue weighted by Crippen LogP contribution is 2.25. The Morgan fingerprint density at radius 1 is 1.12 bits per heavy atom. The number of halogens is 2. The molecule has 3 heterocycles. The number of thiophene rings is 1. The number of piperazine rings is 1. The normalized spacial score (nSPS) is 15.3. The van der Waals surface area contributed by atoms with E-state index >= 15 is 0 Å². The molecule has 0 atom stereocenters. The summed E-state index contributed by atoms with van der Waals surface area (Å²) in [6, 6.07) is 9.34. The fourth-order valence-electron chi connectivity index (χ4n) is 3.91. The van der Waals surface area contributed by atoms with Crippen molar-refractivity contribution < 1.29 is 17.6 Å². The number of aryl methyl sites for hydroxylation is 1. The molecule has 6 nitrogen and oxygen atoms in total. The Morgan fingerprint density at radius 3 is 2.47 bits per heavy atom. The van der Waals surface area contributed by atoms with Crippen LogP contribution in [0, 0.1) is 19.7 Å². The molecule has 0 aliphatic carbocycles. The minimum atomic E-state index is -3.81. The third kappa shape index (κ3) is 4.34. The van der Waals surface area contributed by atoms with Gasteiger partial charge in [-0.25, -0.2) is 12.8 Å². The van der Waals surface area contributed by atoms with E-state index in [1.165, 1.54) is 15.2 Å². The van der Waals surface area contributed by atoms with E-state index in [1.54, 1.807) is 16.2 Å². The van der Waals surface area contributed by atoms with Crippen LogP contribution in [-0.2, 0) is 16.6 Å². The second-order valence-corrected chi connectivity index (χ2v) is 11.1. The first-order valence-corrected chi connectivity index (χ1v) is 12.8. The molecule has 0 radical (unpaired) electrons. The highest BCUT2D eigenvalue weighted by atomic mass is 35.5. The fourth-order valence-corrected chi connectivity index (χ4v) is 6.29. The molecular weight excluding hydrogens is 473 g/mol. The Labute approximate surface area is 195 Å². The number of rotatable bonds is 5. The first kappa shape index (κ1) is 23.0. The topological polar surface area (TPSA) is 62.6 Å². The van der Waals surface area contributed by atoms with Crippen LogP contribution in [0.3, 0.4) is 0 Å². The Kier molecular flexibility index (Phi) is 6.44. The molecule has 0 bridgehead atoms. The number of hydrogen-bond acceptors (Lipinski definition) is 4. The maximum absolute atomic E-state index is 13.4. The zero-order chi connectivity index (χ0) is 23.0. The number of carbonyl (C=O) groups is 1. The van der Waals surface area contributed by atoms with Crippen LogP contribution in [0.15, 0.2) is 46.7 Å². The molecule has 1 aromatic carbocycles. The molecular formula is C22H23ClFN3O3S2. The predicted octanol–water partition coefficient (Wildman–Crippen LogP) is 4.15. The summed E-state index contributed by atoms with van der Waals surface area (Å²) in [4.78, 5) is 16.0. The Balaban J connectivity index is 1.46. The van der Waals surface area contributed by atoms with E-state index in [0.717, 1.165) is 30.1 Å². The van der Waals surface area contributed by atoms with Crippen molar-refractivity contribution in [3.63, 3.8) is 0 Å². The van der Waals surface area contributed by atoms with Crippen LogP contribution in [-0.4, -0.2) is 54.3 Å². The molecule has 0 spiro atoms. The molecule has 32 heavy (non-hydrogen) atoms. The number of carbonyl (C=O) groups excluding carboxylic acids is 1. The molecule has 1 amide bonds. The number of nitrogens with zero attached hydrogens (tertiary/aromatic N) is 3. The van der Waals surface area contributed by atoms with Crippen molar-refractivity contribution >= 4 is 38.9 Å². The van der Waals surface area contributed by atoms with Crippen molar-refractivity contribution in [2.24, 2.45) is 0 Å². The van der Waals surface area contributed by atoms with Crippen LogP contribution in [0.25, 0.3) is 0 Å². The summed E-state index contributed by atoms with van der Waals surface area (Å²) in [6.45, 7) is 5.52. The van der Waals surface area contributed by atoms with Gasteiger partial charge in [0, 0.05) is 42.4 Å². The monoisotopic (exact) mass is 495 g/mol. The molecule has 1 saturated heterocycles. The largest absolute Gasteiger partial charge is 0.343 e. The van der Waals surface area contributed by atoms with Gasteiger partial charge in [-0.1, -0.05) is 17.7 Å². The van der Waals surface area contributed by atoms with Gasteiger partial charge >= 0.3 is 0 Å². The van der Waals surface area contributed by atoms with E-state index in [-0.39, 0.29) is 42.0 Å². The second-order valence-electron chi connectivity index (χ2n) is 7.72. The van der Waals surface area contributed by atoms with Crippen LogP contribution in [0.5, 0.6) is 0 Å². The minimum Gasteiger partial charge on any atom is -0.343 e. The molecule has 2 aromatic heterocycles. The maximum atomic E-state index is 13.4. The van der Waals surface area contributed by atoms with Crippen molar-refractivity contribution in [2.45, 2.75) is 25.3 Å². The van der Waals surface area contributed by atoms with Gasteiger partial charge in [-0.2, -0.15) is 4.31 Å². The van der Waals surface area contributed by atoms with Crippen LogP contribution in [0.2, 0.25) is 5.02 Å². The zero-order valence-corrected chi connectivity index (χ0v) is 20.1. The van der Waals surface area contributed by atoms with Gasteiger partial charge in [0.25, 0.3) is 5.91 Å². The third-order valence-corrected chi connectivity index (χ3v) is 8.80. The quantitative estimate of drug-likeness (QED) is 0.534. The number of hydrogen-bond donors (Lipinski definition) is 0. The molecule has 1 aliphatic rings. The molecule has 1 aliphatic heterocycles. The number of benzene rings is 1. The lowest BCUT2D eigenvalue weighted by atomic mass is 10.2. The smallest absolute Gasteiger partial charge is 0.255 e. The second kappa shape index (κ2) is 8.97. The van der Waals surface area contributed by atoms with Crippen molar-refractivity contribution in [3.05, 3.63) is 74.4 Å². The average molecular weight is 496 g/mol. The van der Waals surface area contributed by atoms with E-state index in [0.29, 0.717) is 5.56 Å². The van der Waals surface area contributed by atoms with Crippen molar-refractivity contribution in [1.82, 2.24) is 13.8 Å². The molecule has 0 unspecified atom stereocenters. The molecule has 0 N–H and O–H groups in total. The lowest BCUT2D eigenvalue weighted by molar-refractivity contribution is 0.0697. The summed E-state index contributed by atoms with van der Waals surface area (Å²) in [6.07, 6.45) is 0. The maximum Gasteiger partial charge on any atom is 0.255 e. The Hall–Kier alpha value is -2.20.